The molecule has 3 fully saturated rings. The average molecular weight is 537 g/mol. The number of aromatic hydroxyl groups is 1. The van der Waals surface area contributed by atoms with Gasteiger partial charge in [-0.05, 0) is 51.6 Å². The Morgan fingerprint density at radius 1 is 1.13 bits per heavy atom. The van der Waals surface area contributed by atoms with Gasteiger partial charge in [0.25, 0.3) is 0 Å². The second-order valence-electron chi connectivity index (χ2n) is 11.0. The van der Waals surface area contributed by atoms with Crippen LogP contribution >= 0.6 is 0 Å². The van der Waals surface area contributed by atoms with Crippen LogP contribution in [0.25, 0.3) is 11.7 Å². The predicted octanol–water partition coefficient (Wildman–Crippen LogP) is -0.851. The summed E-state index contributed by atoms with van der Waals surface area (Å²) in [5.41, 5.74) is 1.09. The van der Waals surface area contributed by atoms with Gasteiger partial charge in [0.15, 0.2) is 11.1 Å². The minimum atomic E-state index is -0.485. The van der Waals surface area contributed by atoms with Crippen molar-refractivity contribution in [3.8, 4) is 5.88 Å². The number of likely N-dealkylation sites (N-methyl/N-ethyl adjacent to an activating group) is 1. The molecule has 0 aromatic carbocycles. The van der Waals surface area contributed by atoms with Crippen LogP contribution in [0.1, 0.15) is 44.2 Å². The monoisotopic (exact) mass is 536 g/mol. The number of H-pyrrole nitrogens is 2. The van der Waals surface area contributed by atoms with Gasteiger partial charge in [0.05, 0.1) is 18.8 Å². The highest BCUT2D eigenvalue weighted by molar-refractivity contribution is 5.78. The Labute approximate surface area is 225 Å². The second kappa shape index (κ2) is 10.8. The highest BCUT2D eigenvalue weighted by Crippen LogP contribution is 2.23. The lowest BCUT2D eigenvalue weighted by Gasteiger charge is -2.33. The molecule has 0 atom stereocenters. The van der Waals surface area contributed by atoms with Crippen LogP contribution in [-0.4, -0.2) is 103 Å². The van der Waals surface area contributed by atoms with Gasteiger partial charge in [-0.3, -0.25) is 19.7 Å². The van der Waals surface area contributed by atoms with Gasteiger partial charge in [-0.15, -0.1) is 0 Å². The molecule has 0 spiro atoms. The van der Waals surface area contributed by atoms with Crippen LogP contribution in [-0.2, 0) is 4.79 Å². The fourth-order valence-corrected chi connectivity index (χ4v) is 5.34. The molecule has 208 valence electrons. The Hall–Kier alpha value is -3.71. The summed E-state index contributed by atoms with van der Waals surface area (Å²) in [6, 6.07) is 2.67. The van der Waals surface area contributed by atoms with E-state index in [1.807, 2.05) is 6.07 Å². The first-order valence-corrected chi connectivity index (χ1v) is 13.8. The fraction of sp³-hybridized carbons (Fsp3) is 0.577. The van der Waals surface area contributed by atoms with E-state index in [9.17, 15) is 14.7 Å². The summed E-state index contributed by atoms with van der Waals surface area (Å²) in [6.07, 6.45) is 9.11. The molecule has 3 aromatic heterocycles. The SMILES string of the molecule is CN1CCN(CC(=O)NC2CCC(Nc3cc(=NC4CC4)n4nc/c(=C\c5[nH]c(=O)[nH]c5O)c4n3)CC2)CC1. The number of nitrogens with one attached hydrogen (secondary N) is 4. The summed E-state index contributed by atoms with van der Waals surface area (Å²) in [7, 11) is 2.12. The van der Waals surface area contributed by atoms with Crippen molar-refractivity contribution >= 4 is 23.4 Å². The molecule has 0 unspecified atom stereocenters. The molecule has 13 nitrogen and oxygen atoms in total. The Balaban J connectivity index is 1.13. The Kier molecular flexibility index (Phi) is 7.09. The average Bonchev–Trinajstić information content (AvgIpc) is 3.54. The van der Waals surface area contributed by atoms with E-state index in [-0.39, 0.29) is 29.6 Å². The van der Waals surface area contributed by atoms with Crippen molar-refractivity contribution in [1.82, 2.24) is 39.7 Å². The van der Waals surface area contributed by atoms with Crippen molar-refractivity contribution in [3.63, 3.8) is 0 Å². The van der Waals surface area contributed by atoms with E-state index in [1.165, 1.54) is 0 Å². The van der Waals surface area contributed by atoms with E-state index in [2.05, 4.69) is 42.5 Å². The predicted molar refractivity (Wildman–Crippen MR) is 145 cm³/mol. The van der Waals surface area contributed by atoms with Crippen LogP contribution in [0.2, 0.25) is 0 Å². The first-order chi connectivity index (χ1) is 18.9. The number of anilines is 1. The number of piperazine rings is 1. The third kappa shape index (κ3) is 6.14. The lowest BCUT2D eigenvalue weighted by molar-refractivity contribution is -0.123. The van der Waals surface area contributed by atoms with Crippen molar-refractivity contribution in [3.05, 3.63) is 39.1 Å². The quantitative estimate of drug-likeness (QED) is 0.261. The number of aromatic amines is 2. The van der Waals surface area contributed by atoms with Gasteiger partial charge in [0.1, 0.15) is 11.5 Å². The number of nitrogens with zero attached hydrogens (tertiary/aromatic N) is 6. The molecule has 3 aliphatic rings. The summed E-state index contributed by atoms with van der Waals surface area (Å²) in [4.78, 5) is 43.2. The Bertz CT molecular complexity index is 1500. The van der Waals surface area contributed by atoms with E-state index in [0.717, 1.165) is 70.2 Å². The number of fused-ring (bicyclic) bond motifs is 1. The molecule has 1 saturated heterocycles. The zero-order valence-corrected chi connectivity index (χ0v) is 22.2. The van der Waals surface area contributed by atoms with Crippen LogP contribution in [0.3, 0.4) is 0 Å². The molecule has 0 bridgehead atoms. The van der Waals surface area contributed by atoms with Gasteiger partial charge >= 0.3 is 5.69 Å². The van der Waals surface area contributed by atoms with Crippen LogP contribution in [0.15, 0.2) is 22.1 Å². The standard InChI is InChI=1S/C26H36N10O3/c1-34-8-10-35(11-9-34)15-23(37)30-19-6-2-17(3-7-19)28-21-13-22(29-18-4-5-18)36-24(32-21)16(14-27-36)12-20-25(38)33-26(39)31-20/h12-14,17-19,28,38H,2-11,15H2,1H3,(H,30,37)(H2,31,33,39)/b16-12+,29-22?. The maximum absolute atomic E-state index is 12.6. The summed E-state index contributed by atoms with van der Waals surface area (Å²) in [5, 5.41) is 21.9. The van der Waals surface area contributed by atoms with E-state index in [0.29, 0.717) is 29.3 Å². The van der Waals surface area contributed by atoms with Gasteiger partial charge < -0.3 is 25.6 Å². The molecule has 4 heterocycles. The number of imidazole rings is 1. The van der Waals surface area contributed by atoms with Crippen molar-refractivity contribution in [1.29, 1.82) is 0 Å². The maximum Gasteiger partial charge on any atom is 0.326 e. The second-order valence-corrected chi connectivity index (χ2v) is 11.0. The third-order valence-corrected chi connectivity index (χ3v) is 7.78. The topological polar surface area (TPSA) is 159 Å². The van der Waals surface area contributed by atoms with Gasteiger partial charge in [-0.1, -0.05) is 0 Å². The molecule has 0 radical (unpaired) electrons. The van der Waals surface area contributed by atoms with E-state index in [1.54, 1.807) is 16.8 Å². The third-order valence-electron chi connectivity index (χ3n) is 7.78. The molecule has 1 amide bonds. The number of amides is 1. The lowest BCUT2D eigenvalue weighted by Crippen LogP contribution is -2.50. The minimum absolute atomic E-state index is 0.119. The summed E-state index contributed by atoms with van der Waals surface area (Å²) in [5.74, 6) is 0.601. The number of rotatable bonds is 7. The zero-order valence-electron chi connectivity index (χ0n) is 22.2. The van der Waals surface area contributed by atoms with E-state index in [4.69, 9.17) is 9.98 Å². The van der Waals surface area contributed by atoms with Crippen molar-refractivity contribution < 1.29 is 9.90 Å². The van der Waals surface area contributed by atoms with Crippen molar-refractivity contribution in [2.24, 2.45) is 4.99 Å². The van der Waals surface area contributed by atoms with E-state index >= 15 is 0 Å². The van der Waals surface area contributed by atoms with Crippen molar-refractivity contribution in [2.45, 2.75) is 56.7 Å². The molecule has 1 aliphatic heterocycles. The normalized spacial score (nSPS) is 23.9. The molecule has 5 N–H and O–H groups in total. The van der Waals surface area contributed by atoms with E-state index < -0.39 is 5.69 Å². The molecule has 13 heteroatoms. The molecular formula is C26H36N10O3. The summed E-state index contributed by atoms with van der Waals surface area (Å²) >= 11 is 0. The first kappa shape index (κ1) is 25.6. The number of carbonyl (C=O) groups excluding carboxylic acids is 1. The smallest absolute Gasteiger partial charge is 0.326 e. The molecular weight excluding hydrogens is 500 g/mol. The summed E-state index contributed by atoms with van der Waals surface area (Å²) < 4.78 is 1.70. The molecule has 39 heavy (non-hydrogen) atoms. The minimum Gasteiger partial charge on any atom is -0.493 e. The Morgan fingerprint density at radius 2 is 1.87 bits per heavy atom. The van der Waals surface area contributed by atoms with Gasteiger partial charge in [-0.25, -0.2) is 9.78 Å². The lowest BCUT2D eigenvalue weighted by atomic mass is 9.91. The Morgan fingerprint density at radius 3 is 2.56 bits per heavy atom. The number of hydrogen-bond donors (Lipinski definition) is 5. The van der Waals surface area contributed by atoms with Gasteiger partial charge in [0, 0.05) is 49.5 Å². The van der Waals surface area contributed by atoms with Crippen molar-refractivity contribution in [2.75, 3.05) is 45.1 Å². The van der Waals surface area contributed by atoms with Crippen LogP contribution in [0.5, 0.6) is 5.88 Å². The molecule has 2 saturated carbocycles. The van der Waals surface area contributed by atoms with Crippen LogP contribution in [0, 0.1) is 0 Å². The van der Waals surface area contributed by atoms with Crippen LogP contribution < -0.4 is 27.0 Å². The van der Waals surface area contributed by atoms with Gasteiger partial charge in [-0.2, -0.15) is 9.61 Å². The highest BCUT2D eigenvalue weighted by Gasteiger charge is 2.25. The number of carbonyl (C=O) groups is 1. The maximum atomic E-state index is 12.6. The number of aromatic nitrogens is 5. The fourth-order valence-electron chi connectivity index (χ4n) is 5.34. The first-order valence-electron chi connectivity index (χ1n) is 13.8. The van der Waals surface area contributed by atoms with Gasteiger partial charge in [0.2, 0.25) is 11.8 Å². The molecule has 2 aliphatic carbocycles. The molecule has 6 rings (SSSR count). The summed E-state index contributed by atoms with van der Waals surface area (Å²) in [6.45, 7) is 4.36. The highest BCUT2D eigenvalue weighted by atomic mass is 16.3. The largest absolute Gasteiger partial charge is 0.493 e. The van der Waals surface area contributed by atoms with Crippen LogP contribution in [0.4, 0.5) is 5.82 Å². The molecule has 3 aromatic rings. The number of hydrogen-bond acceptors (Lipinski definition) is 9. The zero-order chi connectivity index (χ0) is 26.9.